The van der Waals surface area contributed by atoms with E-state index in [1.54, 1.807) is 18.2 Å². The monoisotopic (exact) mass is 386 g/mol. The predicted octanol–water partition coefficient (Wildman–Crippen LogP) is 3.27. The highest BCUT2D eigenvalue weighted by atomic mass is 79.9. The molecule has 7 heteroatoms. The van der Waals surface area contributed by atoms with Crippen LogP contribution >= 0.6 is 40.7 Å². The average Bonchev–Trinajstić information content (AvgIpc) is 2.41. The maximum Gasteiger partial charge on any atom is 0.179 e. The predicted molar refractivity (Wildman–Crippen MR) is 87.6 cm³/mol. The van der Waals surface area contributed by atoms with Crippen LogP contribution < -0.4 is 5.32 Å². The zero-order valence-corrected chi connectivity index (χ0v) is 14.0. The molecule has 1 aliphatic rings. The third-order valence-corrected chi connectivity index (χ3v) is 3.80. The number of aromatic hydroxyl groups is 1. The minimum atomic E-state index is -0.616. The van der Waals surface area contributed by atoms with Crippen molar-refractivity contribution >= 4 is 40.7 Å². The van der Waals surface area contributed by atoms with Gasteiger partial charge in [0.15, 0.2) is 11.6 Å². The van der Waals surface area contributed by atoms with Crippen molar-refractivity contribution in [3.05, 3.63) is 40.6 Å². The molecule has 0 radical (unpaired) electrons. The number of hydrogen-bond donors (Lipinski definition) is 2. The van der Waals surface area contributed by atoms with Gasteiger partial charge in [-0.05, 0) is 22.0 Å². The summed E-state index contributed by atoms with van der Waals surface area (Å²) in [6.07, 6.45) is 1.74. The molecular formula is C13H18BrCl2FN2O. The lowest BCUT2D eigenvalue weighted by Gasteiger charge is -2.33. The fourth-order valence-electron chi connectivity index (χ4n) is 2.23. The zero-order chi connectivity index (χ0) is 13.1. The lowest BCUT2D eigenvalue weighted by molar-refractivity contribution is 0.200. The number of nitrogens with one attached hydrogen (secondary N) is 1. The van der Waals surface area contributed by atoms with Crippen LogP contribution in [0, 0.1) is 5.82 Å². The second-order valence-corrected chi connectivity index (χ2v) is 5.12. The SMILES string of the molecule is C=C[C@H](c1ccc(Br)c(F)c1O)N1CCNCC1.Cl.Cl. The largest absolute Gasteiger partial charge is 0.505 e. The van der Waals surface area contributed by atoms with E-state index < -0.39 is 5.82 Å². The van der Waals surface area contributed by atoms with Crippen LogP contribution in [0.2, 0.25) is 0 Å². The Kier molecular flexibility index (Phi) is 8.70. The summed E-state index contributed by atoms with van der Waals surface area (Å²) in [6.45, 7) is 7.29. The van der Waals surface area contributed by atoms with Crippen LogP contribution in [0.5, 0.6) is 5.75 Å². The van der Waals surface area contributed by atoms with Crippen LogP contribution in [0.3, 0.4) is 0 Å². The van der Waals surface area contributed by atoms with E-state index >= 15 is 0 Å². The van der Waals surface area contributed by atoms with Crippen molar-refractivity contribution < 1.29 is 9.50 Å². The third-order valence-electron chi connectivity index (χ3n) is 3.19. The fourth-order valence-corrected chi connectivity index (χ4v) is 2.55. The molecule has 0 aromatic heterocycles. The average molecular weight is 388 g/mol. The van der Waals surface area contributed by atoms with Crippen LogP contribution in [0.4, 0.5) is 4.39 Å². The van der Waals surface area contributed by atoms with Gasteiger partial charge in [0, 0.05) is 31.7 Å². The van der Waals surface area contributed by atoms with E-state index in [2.05, 4.69) is 32.7 Å². The molecule has 1 saturated heterocycles. The molecule has 1 fully saturated rings. The molecule has 0 spiro atoms. The van der Waals surface area contributed by atoms with E-state index in [9.17, 15) is 9.50 Å². The molecule has 3 nitrogen and oxygen atoms in total. The second-order valence-electron chi connectivity index (χ2n) is 4.27. The molecule has 1 aliphatic heterocycles. The number of halogens is 4. The lowest BCUT2D eigenvalue weighted by Crippen LogP contribution is -2.44. The van der Waals surface area contributed by atoms with Crippen LogP contribution in [-0.4, -0.2) is 36.2 Å². The molecule has 0 unspecified atom stereocenters. The van der Waals surface area contributed by atoms with E-state index in [-0.39, 0.29) is 41.1 Å². The maximum absolute atomic E-state index is 13.7. The smallest absolute Gasteiger partial charge is 0.179 e. The highest BCUT2D eigenvalue weighted by molar-refractivity contribution is 9.10. The molecule has 0 bridgehead atoms. The second kappa shape index (κ2) is 8.85. The Morgan fingerprint density at radius 3 is 2.50 bits per heavy atom. The minimum Gasteiger partial charge on any atom is -0.505 e. The number of phenolic OH excluding ortho intramolecular Hbond substituents is 1. The normalized spacial score (nSPS) is 16.7. The van der Waals surface area contributed by atoms with Gasteiger partial charge in [0.1, 0.15) is 0 Å². The van der Waals surface area contributed by atoms with E-state index in [1.165, 1.54) is 0 Å². The fraction of sp³-hybridized carbons (Fsp3) is 0.385. The number of piperazine rings is 1. The van der Waals surface area contributed by atoms with Crippen molar-refractivity contribution in [2.24, 2.45) is 0 Å². The number of nitrogens with zero attached hydrogens (tertiary/aromatic N) is 1. The summed E-state index contributed by atoms with van der Waals surface area (Å²) < 4.78 is 14.0. The summed E-state index contributed by atoms with van der Waals surface area (Å²) in [6, 6.07) is 3.19. The van der Waals surface area contributed by atoms with Gasteiger partial charge in [-0.15, -0.1) is 31.4 Å². The van der Waals surface area contributed by atoms with Gasteiger partial charge in [0.2, 0.25) is 0 Å². The maximum atomic E-state index is 13.7. The number of rotatable bonds is 3. The summed E-state index contributed by atoms with van der Waals surface area (Å²) in [5, 5.41) is 13.2. The van der Waals surface area contributed by atoms with E-state index in [0.717, 1.165) is 26.2 Å². The van der Waals surface area contributed by atoms with Crippen molar-refractivity contribution in [1.82, 2.24) is 10.2 Å². The Bertz CT molecular complexity index is 456. The van der Waals surface area contributed by atoms with E-state index in [1.807, 2.05) is 0 Å². The quantitative estimate of drug-likeness (QED) is 0.781. The molecule has 1 atom stereocenters. The van der Waals surface area contributed by atoms with Gasteiger partial charge in [0.25, 0.3) is 0 Å². The number of benzene rings is 1. The van der Waals surface area contributed by atoms with Crippen LogP contribution in [0.25, 0.3) is 0 Å². The summed E-state index contributed by atoms with van der Waals surface area (Å²) in [7, 11) is 0. The first-order valence-electron chi connectivity index (χ1n) is 5.89. The van der Waals surface area contributed by atoms with Gasteiger partial charge >= 0.3 is 0 Å². The van der Waals surface area contributed by atoms with Crippen LogP contribution in [0.1, 0.15) is 11.6 Å². The molecule has 0 amide bonds. The van der Waals surface area contributed by atoms with Gasteiger partial charge in [-0.1, -0.05) is 12.1 Å². The molecule has 1 heterocycles. The van der Waals surface area contributed by atoms with Gasteiger partial charge in [0.05, 0.1) is 10.5 Å². The highest BCUT2D eigenvalue weighted by Gasteiger charge is 2.23. The summed E-state index contributed by atoms with van der Waals surface area (Å²) >= 11 is 3.06. The van der Waals surface area contributed by atoms with E-state index in [4.69, 9.17) is 0 Å². The van der Waals surface area contributed by atoms with E-state index in [0.29, 0.717) is 5.56 Å². The lowest BCUT2D eigenvalue weighted by atomic mass is 10.0. The molecule has 1 aromatic rings. The van der Waals surface area contributed by atoms with Gasteiger partial charge in [-0.3, -0.25) is 4.90 Å². The van der Waals surface area contributed by atoms with Crippen molar-refractivity contribution in [2.75, 3.05) is 26.2 Å². The highest BCUT2D eigenvalue weighted by Crippen LogP contribution is 2.34. The molecule has 1 aromatic carbocycles. The number of phenols is 1. The Morgan fingerprint density at radius 2 is 1.95 bits per heavy atom. The third kappa shape index (κ3) is 4.09. The molecule has 2 rings (SSSR count). The standard InChI is InChI=1S/C13H16BrFN2O.2ClH/c1-2-11(17-7-5-16-6-8-17)9-3-4-10(14)12(15)13(9)18;;/h2-4,11,16,18H,1,5-8H2;2*1H/t11-;;/m1../s1. The van der Waals surface area contributed by atoms with Crippen LogP contribution in [-0.2, 0) is 0 Å². The van der Waals surface area contributed by atoms with Crippen molar-refractivity contribution in [3.63, 3.8) is 0 Å². The molecule has 0 saturated carbocycles. The Balaban J connectivity index is 0.00000180. The number of hydrogen-bond acceptors (Lipinski definition) is 3. The Morgan fingerprint density at radius 1 is 1.35 bits per heavy atom. The van der Waals surface area contributed by atoms with Crippen molar-refractivity contribution in [3.8, 4) is 5.75 Å². The van der Waals surface area contributed by atoms with Gasteiger partial charge in [-0.2, -0.15) is 0 Å². The minimum absolute atomic E-state index is 0. The van der Waals surface area contributed by atoms with Crippen LogP contribution in [0.15, 0.2) is 29.3 Å². The van der Waals surface area contributed by atoms with Gasteiger partial charge < -0.3 is 10.4 Å². The molecule has 0 aliphatic carbocycles. The molecule has 2 N–H and O–H groups in total. The summed E-state index contributed by atoms with van der Waals surface area (Å²) in [5.41, 5.74) is 0.563. The first-order valence-corrected chi connectivity index (χ1v) is 6.68. The first kappa shape index (κ1) is 19.7. The van der Waals surface area contributed by atoms with Crippen molar-refractivity contribution in [2.45, 2.75) is 6.04 Å². The summed E-state index contributed by atoms with van der Waals surface area (Å²) in [4.78, 5) is 2.17. The first-order chi connectivity index (χ1) is 8.65. The van der Waals surface area contributed by atoms with Crippen molar-refractivity contribution in [1.29, 1.82) is 0 Å². The molecule has 114 valence electrons. The zero-order valence-electron chi connectivity index (χ0n) is 10.8. The van der Waals surface area contributed by atoms with Gasteiger partial charge in [-0.25, -0.2) is 4.39 Å². The Labute approximate surface area is 139 Å². The Hall–Kier alpha value is -0.330. The molecular weight excluding hydrogens is 370 g/mol. The summed E-state index contributed by atoms with van der Waals surface area (Å²) in [5.74, 6) is -0.915. The molecule has 20 heavy (non-hydrogen) atoms. The topological polar surface area (TPSA) is 35.5 Å².